The highest BCUT2D eigenvalue weighted by Gasteiger charge is 2.25. The van der Waals surface area contributed by atoms with Crippen LogP contribution in [-0.2, 0) is 6.42 Å². The number of imidazole rings is 1. The van der Waals surface area contributed by atoms with Gasteiger partial charge in [0.25, 0.3) is 5.91 Å². The first kappa shape index (κ1) is 21.9. The van der Waals surface area contributed by atoms with Gasteiger partial charge in [0, 0.05) is 38.2 Å². The van der Waals surface area contributed by atoms with Crippen molar-refractivity contribution in [1.29, 1.82) is 0 Å². The molecule has 0 unspecified atom stereocenters. The number of likely N-dealkylation sites (N-methyl/N-ethyl adjacent to an activating group) is 1. The summed E-state index contributed by atoms with van der Waals surface area (Å²) in [5.41, 5.74) is 1.91. The Morgan fingerprint density at radius 2 is 1.74 bits per heavy atom. The van der Waals surface area contributed by atoms with Crippen molar-refractivity contribution >= 4 is 22.7 Å². The predicted molar refractivity (Wildman–Crippen MR) is 121 cm³/mol. The van der Waals surface area contributed by atoms with E-state index in [1.807, 2.05) is 18.0 Å². The van der Waals surface area contributed by atoms with Crippen molar-refractivity contribution in [2.45, 2.75) is 6.42 Å². The average molecular weight is 464 g/mol. The van der Waals surface area contributed by atoms with Crippen LogP contribution in [0.5, 0.6) is 0 Å². The van der Waals surface area contributed by atoms with Gasteiger partial charge in [-0.05, 0) is 31.3 Å². The number of fused-ring (bicyclic) bond motifs is 1. The maximum Gasteiger partial charge on any atom is 0.256 e. The number of nitrogens with one attached hydrogen (secondary N) is 2. The van der Waals surface area contributed by atoms with E-state index in [0.717, 1.165) is 25.2 Å². The van der Waals surface area contributed by atoms with Gasteiger partial charge < -0.3 is 14.8 Å². The van der Waals surface area contributed by atoms with Crippen LogP contribution in [0.4, 0.5) is 8.78 Å². The summed E-state index contributed by atoms with van der Waals surface area (Å²) in [4.78, 5) is 37.6. The molecule has 2 N–H and O–H groups in total. The zero-order valence-electron chi connectivity index (χ0n) is 18.4. The highest BCUT2D eigenvalue weighted by molar-refractivity contribution is 6.05. The molecule has 1 aliphatic heterocycles. The standard InChI is InChI=1S/C24H22F2N6O2/c1-31-8-10-32(11-9-31)24(34)15-4-2-7-18-22(15)29-23(28-18)21-14(13-27-30-21)12-19(33)20-16(25)5-3-6-17(20)26/h2-7,13H,8-12H2,1H3,(H,27,30)(H,28,29). The first-order valence-corrected chi connectivity index (χ1v) is 10.9. The van der Waals surface area contributed by atoms with E-state index in [1.165, 1.54) is 12.3 Å². The van der Waals surface area contributed by atoms with Crippen LogP contribution in [0, 0.1) is 11.6 Å². The molecule has 0 radical (unpaired) electrons. The molecule has 8 nitrogen and oxygen atoms in total. The van der Waals surface area contributed by atoms with Gasteiger partial charge in [-0.2, -0.15) is 5.10 Å². The van der Waals surface area contributed by atoms with Crippen molar-refractivity contribution in [2.75, 3.05) is 33.2 Å². The molecule has 3 heterocycles. The first-order chi connectivity index (χ1) is 16.4. The Bertz CT molecular complexity index is 1370. The largest absolute Gasteiger partial charge is 0.337 e. The van der Waals surface area contributed by atoms with Gasteiger partial charge >= 0.3 is 0 Å². The predicted octanol–water partition coefficient (Wildman–Crippen LogP) is 3.04. The minimum atomic E-state index is -0.911. The summed E-state index contributed by atoms with van der Waals surface area (Å²) in [5, 5.41) is 6.80. The van der Waals surface area contributed by atoms with Gasteiger partial charge in [-0.1, -0.05) is 12.1 Å². The van der Waals surface area contributed by atoms with Gasteiger partial charge in [-0.15, -0.1) is 0 Å². The van der Waals surface area contributed by atoms with Crippen LogP contribution in [0.2, 0.25) is 0 Å². The third-order valence-corrected chi connectivity index (χ3v) is 6.08. The molecule has 1 saturated heterocycles. The number of aromatic amines is 2. The molecular weight excluding hydrogens is 442 g/mol. The number of Topliss-reactive ketones (excluding diaryl/α,β-unsaturated/α-hetero) is 1. The second kappa shape index (κ2) is 8.79. The number of nitrogens with zero attached hydrogens (tertiary/aromatic N) is 4. The highest BCUT2D eigenvalue weighted by atomic mass is 19.1. The molecule has 0 atom stereocenters. The van der Waals surface area contributed by atoms with E-state index in [1.54, 1.807) is 12.1 Å². The number of hydrogen-bond acceptors (Lipinski definition) is 5. The van der Waals surface area contributed by atoms with E-state index in [4.69, 9.17) is 0 Å². The van der Waals surface area contributed by atoms with Crippen molar-refractivity contribution in [3.63, 3.8) is 0 Å². The van der Waals surface area contributed by atoms with Gasteiger partial charge in [-0.25, -0.2) is 13.8 Å². The summed E-state index contributed by atoms with van der Waals surface area (Å²) in [5.74, 6) is -2.24. The molecular formula is C24H22F2N6O2. The molecule has 2 aromatic carbocycles. The van der Waals surface area contributed by atoms with Crippen LogP contribution in [0.25, 0.3) is 22.6 Å². The smallest absolute Gasteiger partial charge is 0.256 e. The van der Waals surface area contributed by atoms with E-state index in [9.17, 15) is 18.4 Å². The van der Waals surface area contributed by atoms with Gasteiger partial charge in [0.05, 0.1) is 22.8 Å². The van der Waals surface area contributed by atoms with Gasteiger partial charge in [-0.3, -0.25) is 14.7 Å². The normalized spacial score (nSPS) is 14.6. The number of ketones is 1. The summed E-state index contributed by atoms with van der Waals surface area (Å²) in [7, 11) is 2.02. The van der Waals surface area contributed by atoms with Crippen molar-refractivity contribution in [1.82, 2.24) is 30.0 Å². The Morgan fingerprint density at radius 1 is 1.03 bits per heavy atom. The topological polar surface area (TPSA) is 98.0 Å². The number of amides is 1. The van der Waals surface area contributed by atoms with Crippen molar-refractivity contribution < 1.29 is 18.4 Å². The van der Waals surface area contributed by atoms with Gasteiger partial charge in [0.15, 0.2) is 11.6 Å². The Hall–Kier alpha value is -3.92. The second-order valence-electron chi connectivity index (χ2n) is 8.35. The van der Waals surface area contributed by atoms with Gasteiger partial charge in [0.1, 0.15) is 22.8 Å². The third-order valence-electron chi connectivity index (χ3n) is 6.08. The molecule has 0 spiro atoms. The number of H-pyrrole nitrogens is 2. The molecule has 5 rings (SSSR count). The van der Waals surface area contributed by atoms with E-state index < -0.39 is 23.0 Å². The lowest BCUT2D eigenvalue weighted by Crippen LogP contribution is -2.47. The number of carbonyl (C=O) groups is 2. The van der Waals surface area contributed by atoms with Crippen molar-refractivity contribution in [3.05, 3.63) is 70.9 Å². The summed E-state index contributed by atoms with van der Waals surface area (Å²) in [6.45, 7) is 2.90. The fourth-order valence-corrected chi connectivity index (χ4v) is 4.18. The third kappa shape index (κ3) is 3.96. The van der Waals surface area contributed by atoms with Crippen LogP contribution < -0.4 is 0 Å². The number of para-hydroxylation sites is 1. The maximum absolute atomic E-state index is 14.0. The second-order valence-corrected chi connectivity index (χ2v) is 8.35. The number of rotatable bonds is 5. The summed E-state index contributed by atoms with van der Waals surface area (Å²) >= 11 is 0. The van der Waals surface area contributed by atoms with Crippen LogP contribution in [0.1, 0.15) is 26.3 Å². The van der Waals surface area contributed by atoms with Crippen LogP contribution in [-0.4, -0.2) is 74.9 Å². The number of carbonyl (C=O) groups excluding carboxylic acids is 2. The lowest BCUT2D eigenvalue weighted by Gasteiger charge is -2.32. The number of halogens is 2. The Morgan fingerprint density at radius 3 is 2.47 bits per heavy atom. The molecule has 10 heteroatoms. The number of aromatic nitrogens is 4. The Kier molecular flexibility index (Phi) is 5.66. The summed E-state index contributed by atoms with van der Waals surface area (Å²) in [6, 6.07) is 8.63. The van der Waals surface area contributed by atoms with E-state index in [2.05, 4.69) is 25.1 Å². The fourth-order valence-electron chi connectivity index (χ4n) is 4.18. The number of hydrogen-bond donors (Lipinski definition) is 2. The van der Waals surface area contributed by atoms with Crippen molar-refractivity contribution in [3.8, 4) is 11.5 Å². The monoisotopic (exact) mass is 464 g/mol. The first-order valence-electron chi connectivity index (χ1n) is 10.9. The molecule has 0 aliphatic carbocycles. The molecule has 1 aliphatic rings. The van der Waals surface area contributed by atoms with Crippen LogP contribution >= 0.6 is 0 Å². The van der Waals surface area contributed by atoms with E-state index in [-0.39, 0.29) is 12.3 Å². The van der Waals surface area contributed by atoms with E-state index >= 15 is 0 Å². The summed E-state index contributed by atoms with van der Waals surface area (Å²) < 4.78 is 28.1. The molecule has 0 saturated carbocycles. The minimum Gasteiger partial charge on any atom is -0.337 e. The minimum absolute atomic E-state index is 0.0909. The molecule has 2 aromatic heterocycles. The zero-order valence-corrected chi connectivity index (χ0v) is 18.4. The lowest BCUT2D eigenvalue weighted by atomic mass is 10.0. The van der Waals surface area contributed by atoms with Crippen LogP contribution in [0.3, 0.4) is 0 Å². The SMILES string of the molecule is CN1CCN(C(=O)c2cccc3[nH]c(-c4[nH]ncc4CC(=O)c4c(F)cccc4F)nc23)CC1. The molecule has 0 bridgehead atoms. The fraction of sp³-hybridized carbons (Fsp3) is 0.250. The zero-order chi connectivity index (χ0) is 23.8. The Labute approximate surface area is 193 Å². The summed E-state index contributed by atoms with van der Waals surface area (Å²) in [6.07, 6.45) is 1.16. The lowest BCUT2D eigenvalue weighted by molar-refractivity contribution is 0.0665. The molecule has 1 fully saturated rings. The quantitative estimate of drug-likeness (QED) is 0.443. The maximum atomic E-state index is 14.0. The average Bonchev–Trinajstić information content (AvgIpc) is 3.45. The molecule has 174 valence electrons. The van der Waals surface area contributed by atoms with Gasteiger partial charge in [0.2, 0.25) is 0 Å². The van der Waals surface area contributed by atoms with E-state index in [0.29, 0.717) is 46.8 Å². The molecule has 1 amide bonds. The van der Waals surface area contributed by atoms with Crippen molar-refractivity contribution in [2.24, 2.45) is 0 Å². The molecule has 34 heavy (non-hydrogen) atoms. The van der Waals surface area contributed by atoms with Crippen LogP contribution in [0.15, 0.2) is 42.6 Å². The Balaban J connectivity index is 1.45. The highest BCUT2D eigenvalue weighted by Crippen LogP contribution is 2.26. The number of benzene rings is 2. The molecule has 4 aromatic rings. The number of piperazine rings is 1.